The Morgan fingerprint density at radius 1 is 1.15 bits per heavy atom. The number of hydrogen-bond acceptors (Lipinski definition) is 4. The lowest BCUT2D eigenvalue weighted by Crippen LogP contribution is -2.01. The van der Waals surface area contributed by atoms with Gasteiger partial charge in [0.25, 0.3) is 0 Å². The van der Waals surface area contributed by atoms with Crippen LogP contribution in [-0.2, 0) is 12.3 Å². The van der Waals surface area contributed by atoms with E-state index in [4.69, 9.17) is 11.6 Å². The Labute approximate surface area is 160 Å². The first-order chi connectivity index (χ1) is 12.7. The van der Waals surface area contributed by atoms with Crippen molar-refractivity contribution in [3.05, 3.63) is 72.0 Å². The molecule has 2 heterocycles. The maximum absolute atomic E-state index is 6.12. The number of hydrogen-bond donors (Lipinski definition) is 1. The van der Waals surface area contributed by atoms with Gasteiger partial charge in [-0.25, -0.2) is 4.98 Å². The van der Waals surface area contributed by atoms with E-state index in [1.807, 2.05) is 59.2 Å². The van der Waals surface area contributed by atoms with Gasteiger partial charge < -0.3 is 4.98 Å². The summed E-state index contributed by atoms with van der Waals surface area (Å²) in [5.74, 6) is 2.37. The van der Waals surface area contributed by atoms with E-state index in [9.17, 15) is 0 Å². The summed E-state index contributed by atoms with van der Waals surface area (Å²) < 4.78 is 2.03. The summed E-state index contributed by atoms with van der Waals surface area (Å²) >= 11 is 7.71. The van der Waals surface area contributed by atoms with Gasteiger partial charge in [-0.15, -0.1) is 16.8 Å². The van der Waals surface area contributed by atoms with Crippen LogP contribution in [0.4, 0.5) is 0 Å². The van der Waals surface area contributed by atoms with Crippen molar-refractivity contribution >= 4 is 34.4 Å². The largest absolute Gasteiger partial charge is 0.341 e. The topological polar surface area (TPSA) is 59.4 Å². The fraction of sp³-hybridized carbons (Fsp3) is 0.105. The minimum atomic E-state index is 0.622. The monoisotopic (exact) mass is 381 g/mol. The minimum Gasteiger partial charge on any atom is -0.341 e. The number of rotatable bonds is 6. The SMILES string of the molecule is C=CCn1c(SCc2nc3ccccc3[nH]2)nnc1-c1cccc(Cl)c1. The van der Waals surface area contributed by atoms with E-state index in [1.54, 1.807) is 11.8 Å². The number of halogens is 1. The van der Waals surface area contributed by atoms with Crippen LogP contribution < -0.4 is 0 Å². The molecule has 7 heteroatoms. The number of H-pyrrole nitrogens is 1. The molecule has 0 saturated heterocycles. The molecular weight excluding hydrogens is 366 g/mol. The molecule has 1 N–H and O–H groups in total. The van der Waals surface area contributed by atoms with Gasteiger partial charge in [0.15, 0.2) is 11.0 Å². The summed E-state index contributed by atoms with van der Waals surface area (Å²) in [6, 6.07) is 15.6. The molecule has 0 aliphatic carbocycles. The summed E-state index contributed by atoms with van der Waals surface area (Å²) in [5.41, 5.74) is 2.94. The number of imidazole rings is 1. The zero-order valence-corrected chi connectivity index (χ0v) is 15.5. The second-order valence-electron chi connectivity index (χ2n) is 5.71. The maximum atomic E-state index is 6.12. The number of para-hydroxylation sites is 2. The molecule has 0 aliphatic heterocycles. The Hall–Kier alpha value is -2.57. The Balaban J connectivity index is 1.60. The highest BCUT2D eigenvalue weighted by atomic mass is 35.5. The van der Waals surface area contributed by atoms with Gasteiger partial charge in [-0.1, -0.05) is 53.7 Å². The lowest BCUT2D eigenvalue weighted by atomic mass is 10.2. The second kappa shape index (κ2) is 7.35. The summed E-state index contributed by atoms with van der Waals surface area (Å²) in [6.07, 6.45) is 1.84. The third kappa shape index (κ3) is 3.38. The van der Waals surface area contributed by atoms with E-state index < -0.39 is 0 Å². The molecule has 0 aliphatic rings. The van der Waals surface area contributed by atoms with Crippen LogP contribution in [0.2, 0.25) is 5.02 Å². The number of nitrogens with zero attached hydrogens (tertiary/aromatic N) is 4. The highest BCUT2D eigenvalue weighted by Crippen LogP contribution is 2.27. The van der Waals surface area contributed by atoms with Crippen LogP contribution in [0, 0.1) is 0 Å². The Morgan fingerprint density at radius 3 is 2.85 bits per heavy atom. The number of benzene rings is 2. The average Bonchev–Trinajstić information content (AvgIpc) is 3.24. The second-order valence-corrected chi connectivity index (χ2v) is 7.08. The quantitative estimate of drug-likeness (QED) is 0.379. The number of nitrogens with one attached hydrogen (secondary N) is 1. The van der Waals surface area contributed by atoms with E-state index in [0.29, 0.717) is 17.3 Å². The van der Waals surface area contributed by atoms with Gasteiger partial charge in [0.05, 0.1) is 16.8 Å². The van der Waals surface area contributed by atoms with Crippen LogP contribution in [-0.4, -0.2) is 24.7 Å². The number of thioether (sulfide) groups is 1. The first-order valence-corrected chi connectivity index (χ1v) is 9.47. The zero-order valence-electron chi connectivity index (χ0n) is 13.9. The third-order valence-corrected chi connectivity index (χ3v) is 5.10. The molecule has 0 radical (unpaired) electrons. The van der Waals surface area contributed by atoms with Gasteiger partial charge in [0, 0.05) is 17.1 Å². The molecule has 0 saturated carbocycles. The van der Waals surface area contributed by atoms with Gasteiger partial charge in [0.1, 0.15) is 5.82 Å². The molecule has 2 aromatic heterocycles. The number of aromatic nitrogens is 5. The van der Waals surface area contributed by atoms with E-state index in [2.05, 4.69) is 26.7 Å². The lowest BCUT2D eigenvalue weighted by Gasteiger charge is -2.07. The molecule has 5 nitrogen and oxygen atoms in total. The van der Waals surface area contributed by atoms with Gasteiger partial charge >= 0.3 is 0 Å². The van der Waals surface area contributed by atoms with Crippen LogP contribution in [0.15, 0.2) is 66.3 Å². The average molecular weight is 382 g/mol. The van der Waals surface area contributed by atoms with Gasteiger partial charge in [-0.2, -0.15) is 0 Å². The van der Waals surface area contributed by atoms with Crippen LogP contribution in [0.1, 0.15) is 5.82 Å². The molecule has 4 aromatic rings. The minimum absolute atomic E-state index is 0.622. The fourth-order valence-corrected chi connectivity index (χ4v) is 3.75. The fourth-order valence-electron chi connectivity index (χ4n) is 2.74. The predicted octanol–water partition coefficient (Wildman–Crippen LogP) is 4.95. The van der Waals surface area contributed by atoms with Gasteiger partial charge in [-0.3, -0.25) is 4.57 Å². The molecule has 0 bridgehead atoms. The smallest absolute Gasteiger partial charge is 0.192 e. The lowest BCUT2D eigenvalue weighted by molar-refractivity contribution is 0.731. The third-order valence-electron chi connectivity index (χ3n) is 3.89. The normalized spacial score (nSPS) is 11.1. The van der Waals surface area contributed by atoms with Crippen molar-refractivity contribution in [2.24, 2.45) is 0 Å². The van der Waals surface area contributed by atoms with E-state index in [-0.39, 0.29) is 0 Å². The summed E-state index contributed by atoms with van der Waals surface area (Å²) in [4.78, 5) is 7.94. The van der Waals surface area contributed by atoms with Crippen molar-refractivity contribution in [3.8, 4) is 11.4 Å². The molecule has 0 fully saturated rings. The molecule has 0 atom stereocenters. The van der Waals surface area contributed by atoms with Crippen LogP contribution in [0.3, 0.4) is 0 Å². The summed E-state index contributed by atoms with van der Waals surface area (Å²) in [5, 5.41) is 10.2. The van der Waals surface area contributed by atoms with Crippen molar-refractivity contribution < 1.29 is 0 Å². The highest BCUT2D eigenvalue weighted by Gasteiger charge is 2.14. The molecule has 26 heavy (non-hydrogen) atoms. The van der Waals surface area contributed by atoms with Gasteiger partial charge in [-0.05, 0) is 24.3 Å². The number of aromatic amines is 1. The maximum Gasteiger partial charge on any atom is 0.192 e. The predicted molar refractivity (Wildman–Crippen MR) is 106 cm³/mol. The van der Waals surface area contributed by atoms with Crippen LogP contribution in [0.5, 0.6) is 0 Å². The summed E-state index contributed by atoms with van der Waals surface area (Å²) in [7, 11) is 0. The molecule has 0 amide bonds. The first kappa shape index (κ1) is 16.9. The molecule has 130 valence electrons. The highest BCUT2D eigenvalue weighted by molar-refractivity contribution is 7.98. The van der Waals surface area contributed by atoms with Crippen molar-refractivity contribution in [1.29, 1.82) is 0 Å². The molecule has 4 rings (SSSR count). The first-order valence-electron chi connectivity index (χ1n) is 8.11. The van der Waals surface area contributed by atoms with Crippen molar-refractivity contribution in [1.82, 2.24) is 24.7 Å². The van der Waals surface area contributed by atoms with Crippen molar-refractivity contribution in [2.75, 3.05) is 0 Å². The molecule has 0 spiro atoms. The Bertz CT molecular complexity index is 1040. The van der Waals surface area contributed by atoms with Crippen molar-refractivity contribution in [3.63, 3.8) is 0 Å². The Morgan fingerprint density at radius 2 is 2.04 bits per heavy atom. The number of allylic oxidation sites excluding steroid dienone is 1. The van der Waals surface area contributed by atoms with Crippen LogP contribution >= 0.6 is 23.4 Å². The van der Waals surface area contributed by atoms with E-state index in [0.717, 1.165) is 33.4 Å². The van der Waals surface area contributed by atoms with Crippen LogP contribution in [0.25, 0.3) is 22.4 Å². The molecule has 0 unspecified atom stereocenters. The Kier molecular flexibility index (Phi) is 4.77. The summed E-state index contributed by atoms with van der Waals surface area (Å²) in [6.45, 7) is 4.47. The standard InChI is InChI=1S/C19H16ClN5S/c1-2-10-25-18(13-6-5-7-14(20)11-13)23-24-19(25)26-12-17-21-15-8-3-4-9-16(15)22-17/h2-9,11H,1,10,12H2,(H,21,22). The zero-order chi connectivity index (χ0) is 17.9. The van der Waals surface area contributed by atoms with Crippen molar-refractivity contribution in [2.45, 2.75) is 17.5 Å². The van der Waals surface area contributed by atoms with Gasteiger partial charge in [0.2, 0.25) is 0 Å². The molecule has 2 aromatic carbocycles. The molecular formula is C19H16ClN5S. The number of fused-ring (bicyclic) bond motifs is 1. The van der Waals surface area contributed by atoms with E-state index in [1.165, 1.54) is 0 Å². The van der Waals surface area contributed by atoms with E-state index >= 15 is 0 Å².